The van der Waals surface area contributed by atoms with Gasteiger partial charge in [-0.15, -0.1) is 5.10 Å². The fourth-order valence-electron chi connectivity index (χ4n) is 2.90. The number of ether oxygens (including phenoxy) is 2. The molecule has 0 saturated carbocycles. The lowest BCUT2D eigenvalue weighted by atomic mass is 10.2. The summed E-state index contributed by atoms with van der Waals surface area (Å²) in [6.45, 7) is 1.54. The number of rotatable bonds is 5. The number of nitrogens with one attached hydrogen (secondary N) is 1. The van der Waals surface area contributed by atoms with Crippen LogP contribution in [0.4, 0.5) is 18.9 Å². The van der Waals surface area contributed by atoms with Crippen molar-refractivity contribution in [3.63, 3.8) is 0 Å². The average molecular weight is 443 g/mol. The van der Waals surface area contributed by atoms with Crippen molar-refractivity contribution in [3.05, 3.63) is 71.8 Å². The number of nitrogens with zero attached hydrogens (tertiary/aromatic N) is 4. The van der Waals surface area contributed by atoms with Crippen molar-refractivity contribution in [1.82, 2.24) is 19.6 Å². The average Bonchev–Trinajstić information content (AvgIpc) is 3.19. The van der Waals surface area contributed by atoms with Gasteiger partial charge in [0.1, 0.15) is 11.4 Å². The summed E-state index contributed by atoms with van der Waals surface area (Å²) in [5.74, 6) is -0.773. The van der Waals surface area contributed by atoms with Gasteiger partial charge in [0, 0.05) is 11.4 Å². The number of alkyl halides is 3. The summed E-state index contributed by atoms with van der Waals surface area (Å²) in [7, 11) is 1.53. The summed E-state index contributed by atoms with van der Waals surface area (Å²) in [6, 6.07) is 14.9. The molecule has 2 aromatic heterocycles. The highest BCUT2D eigenvalue weighted by Crippen LogP contribution is 2.31. The highest BCUT2D eigenvalue weighted by atomic mass is 19.4. The molecule has 0 bridgehead atoms. The van der Waals surface area contributed by atoms with Crippen LogP contribution in [0.3, 0.4) is 0 Å². The molecule has 1 amide bonds. The van der Waals surface area contributed by atoms with Crippen LogP contribution in [0.25, 0.3) is 5.78 Å². The van der Waals surface area contributed by atoms with Crippen molar-refractivity contribution >= 4 is 17.4 Å². The molecule has 0 radical (unpaired) electrons. The number of hydrogen-bond donors (Lipinski definition) is 1. The van der Waals surface area contributed by atoms with E-state index in [0.717, 1.165) is 4.52 Å². The second-order valence-corrected chi connectivity index (χ2v) is 6.66. The largest absolute Gasteiger partial charge is 0.493 e. The van der Waals surface area contributed by atoms with Crippen LogP contribution in [0.15, 0.2) is 54.6 Å². The number of benzene rings is 2. The molecular formula is C21H16F3N5O3. The van der Waals surface area contributed by atoms with E-state index < -0.39 is 17.9 Å². The molecule has 2 heterocycles. The van der Waals surface area contributed by atoms with E-state index in [4.69, 9.17) is 9.47 Å². The zero-order valence-electron chi connectivity index (χ0n) is 16.8. The minimum atomic E-state index is -4.76. The van der Waals surface area contributed by atoms with Gasteiger partial charge in [0.15, 0.2) is 11.5 Å². The minimum absolute atomic E-state index is 0.134. The highest BCUT2D eigenvalue weighted by Gasteiger charge is 2.37. The third-order valence-electron chi connectivity index (χ3n) is 4.34. The van der Waals surface area contributed by atoms with Crippen molar-refractivity contribution in [2.75, 3.05) is 12.4 Å². The van der Waals surface area contributed by atoms with Crippen LogP contribution in [0, 0.1) is 6.92 Å². The molecule has 0 atom stereocenters. The molecule has 4 rings (SSSR count). The number of para-hydroxylation sites is 2. The van der Waals surface area contributed by atoms with Crippen molar-refractivity contribution < 1.29 is 27.4 Å². The number of aryl methyl sites for hydroxylation is 1. The number of hydrogen-bond acceptors (Lipinski definition) is 6. The van der Waals surface area contributed by atoms with Crippen LogP contribution in [0.2, 0.25) is 0 Å². The molecule has 164 valence electrons. The number of methoxy groups -OCH3 is 1. The van der Waals surface area contributed by atoms with Gasteiger partial charge in [0.25, 0.3) is 17.5 Å². The van der Waals surface area contributed by atoms with Gasteiger partial charge in [-0.2, -0.15) is 22.7 Å². The fourth-order valence-corrected chi connectivity index (χ4v) is 2.90. The Morgan fingerprint density at radius 3 is 2.38 bits per heavy atom. The van der Waals surface area contributed by atoms with Crippen LogP contribution in [0.5, 0.6) is 17.2 Å². The molecular weight excluding hydrogens is 427 g/mol. The van der Waals surface area contributed by atoms with Crippen LogP contribution in [-0.4, -0.2) is 32.6 Å². The van der Waals surface area contributed by atoms with Gasteiger partial charge in [-0.05, 0) is 49.4 Å². The zero-order valence-corrected chi connectivity index (χ0v) is 16.8. The maximum atomic E-state index is 13.0. The SMILES string of the molecule is COc1ccccc1Oc1ccc(NC(=O)c2cc(C)nc3nc(C(F)(F)F)nn23)cc1. The molecule has 32 heavy (non-hydrogen) atoms. The molecule has 0 spiro atoms. The van der Waals surface area contributed by atoms with Crippen LogP contribution in [0.1, 0.15) is 22.0 Å². The molecule has 0 fully saturated rings. The summed E-state index contributed by atoms with van der Waals surface area (Å²) in [6.07, 6.45) is -4.76. The summed E-state index contributed by atoms with van der Waals surface area (Å²) < 4.78 is 50.7. The number of aromatic nitrogens is 4. The Morgan fingerprint density at radius 1 is 1.03 bits per heavy atom. The van der Waals surface area contributed by atoms with E-state index in [0.29, 0.717) is 28.6 Å². The zero-order chi connectivity index (χ0) is 22.9. The molecule has 2 aromatic carbocycles. The monoisotopic (exact) mass is 443 g/mol. The summed E-state index contributed by atoms with van der Waals surface area (Å²) in [4.78, 5) is 20.0. The standard InChI is InChI=1S/C21H16F3N5O3/c1-12-11-15(29-20(25-12)27-19(28-29)21(22,23)24)18(30)26-13-7-9-14(10-8-13)32-17-6-4-3-5-16(17)31-2/h3-11H,1-2H3,(H,26,30). The topological polar surface area (TPSA) is 90.6 Å². The molecule has 1 N–H and O–H groups in total. The first-order chi connectivity index (χ1) is 15.2. The Labute approximate surface area is 179 Å². The van der Waals surface area contributed by atoms with Crippen molar-refractivity contribution in [2.45, 2.75) is 13.1 Å². The van der Waals surface area contributed by atoms with E-state index in [1.165, 1.54) is 13.2 Å². The maximum Gasteiger partial charge on any atom is 0.453 e. The molecule has 0 saturated heterocycles. The second-order valence-electron chi connectivity index (χ2n) is 6.66. The molecule has 0 unspecified atom stereocenters. The predicted molar refractivity (Wildman–Crippen MR) is 108 cm³/mol. The molecule has 0 aliphatic rings. The number of amides is 1. The van der Waals surface area contributed by atoms with Gasteiger partial charge in [0.2, 0.25) is 0 Å². The number of halogens is 3. The fraction of sp³-hybridized carbons (Fsp3) is 0.143. The van der Waals surface area contributed by atoms with Crippen LogP contribution >= 0.6 is 0 Å². The van der Waals surface area contributed by atoms with Gasteiger partial charge in [-0.3, -0.25) is 4.79 Å². The van der Waals surface area contributed by atoms with Gasteiger partial charge in [0.05, 0.1) is 7.11 Å². The lowest BCUT2D eigenvalue weighted by Crippen LogP contribution is -2.18. The van der Waals surface area contributed by atoms with E-state index in [1.807, 2.05) is 6.07 Å². The van der Waals surface area contributed by atoms with E-state index in [9.17, 15) is 18.0 Å². The van der Waals surface area contributed by atoms with Crippen molar-refractivity contribution in [1.29, 1.82) is 0 Å². The first-order valence-corrected chi connectivity index (χ1v) is 9.28. The predicted octanol–water partition coefficient (Wildman–Crippen LogP) is 4.50. The molecule has 11 heteroatoms. The summed E-state index contributed by atoms with van der Waals surface area (Å²) in [5.41, 5.74) is 0.593. The number of fused-ring (bicyclic) bond motifs is 1. The Hall–Kier alpha value is -4.15. The van der Waals surface area contributed by atoms with Gasteiger partial charge < -0.3 is 14.8 Å². The van der Waals surface area contributed by atoms with E-state index >= 15 is 0 Å². The maximum absolute atomic E-state index is 13.0. The summed E-state index contributed by atoms with van der Waals surface area (Å²) in [5, 5.41) is 6.01. The van der Waals surface area contributed by atoms with Gasteiger partial charge in [-0.25, -0.2) is 4.98 Å². The molecule has 0 aliphatic heterocycles. The molecule has 8 nitrogen and oxygen atoms in total. The number of anilines is 1. The lowest BCUT2D eigenvalue weighted by Gasteiger charge is -2.11. The third kappa shape index (κ3) is 4.31. The van der Waals surface area contributed by atoms with Crippen LogP contribution < -0.4 is 14.8 Å². The summed E-state index contributed by atoms with van der Waals surface area (Å²) >= 11 is 0. The van der Waals surface area contributed by atoms with E-state index in [1.54, 1.807) is 49.4 Å². The van der Waals surface area contributed by atoms with Gasteiger partial charge >= 0.3 is 6.18 Å². The number of carbonyl (C=O) groups excluding carboxylic acids is 1. The molecule has 4 aromatic rings. The van der Waals surface area contributed by atoms with Gasteiger partial charge in [-0.1, -0.05) is 12.1 Å². The first-order valence-electron chi connectivity index (χ1n) is 9.28. The Kier molecular flexibility index (Phi) is 5.39. The molecule has 0 aliphatic carbocycles. The third-order valence-corrected chi connectivity index (χ3v) is 4.34. The lowest BCUT2D eigenvalue weighted by molar-refractivity contribution is -0.144. The van der Waals surface area contributed by atoms with Crippen LogP contribution in [-0.2, 0) is 6.18 Å². The Bertz CT molecular complexity index is 1290. The van der Waals surface area contributed by atoms with Crippen molar-refractivity contribution in [3.8, 4) is 17.2 Å². The van der Waals surface area contributed by atoms with E-state index in [-0.39, 0.29) is 11.5 Å². The second kappa shape index (κ2) is 8.17. The smallest absolute Gasteiger partial charge is 0.453 e. The van der Waals surface area contributed by atoms with Crippen molar-refractivity contribution in [2.24, 2.45) is 0 Å². The quantitative estimate of drug-likeness (QED) is 0.488. The Morgan fingerprint density at radius 2 is 1.72 bits per heavy atom. The first kappa shape index (κ1) is 21.1. The number of carbonyl (C=O) groups is 1. The van der Waals surface area contributed by atoms with E-state index in [2.05, 4.69) is 20.4 Å². The minimum Gasteiger partial charge on any atom is -0.493 e. The normalized spacial score (nSPS) is 11.4. The highest BCUT2D eigenvalue weighted by molar-refractivity contribution is 6.03. The Balaban J connectivity index is 1.55.